The van der Waals surface area contributed by atoms with Crippen molar-refractivity contribution >= 4 is 5.91 Å². The second kappa shape index (κ2) is 5.13. The molecule has 3 nitrogen and oxygen atoms in total. The molecule has 0 radical (unpaired) electrons. The van der Waals surface area contributed by atoms with Gasteiger partial charge in [0.2, 0.25) is 5.91 Å². The van der Waals surface area contributed by atoms with E-state index in [1.807, 2.05) is 0 Å². The van der Waals surface area contributed by atoms with Crippen molar-refractivity contribution in [2.45, 2.75) is 31.2 Å². The first-order valence-electron chi connectivity index (χ1n) is 7.05. The van der Waals surface area contributed by atoms with Gasteiger partial charge in [-0.25, -0.2) is 8.78 Å². The van der Waals surface area contributed by atoms with Crippen molar-refractivity contribution in [3.8, 4) is 0 Å². The molecular weight excluding hydrogens is 262 g/mol. The molecule has 1 saturated heterocycles. The average molecular weight is 280 g/mol. The molecule has 1 heterocycles. The topological polar surface area (TPSA) is 46.3 Å². The van der Waals surface area contributed by atoms with E-state index in [2.05, 4.69) is 0 Å². The largest absolute Gasteiger partial charge is 0.341 e. The van der Waals surface area contributed by atoms with Crippen molar-refractivity contribution in [3.63, 3.8) is 0 Å². The zero-order chi connectivity index (χ0) is 14.3. The van der Waals surface area contributed by atoms with Crippen LogP contribution in [0.5, 0.6) is 0 Å². The van der Waals surface area contributed by atoms with Crippen LogP contribution in [0.2, 0.25) is 0 Å². The van der Waals surface area contributed by atoms with Gasteiger partial charge in [-0.15, -0.1) is 0 Å². The van der Waals surface area contributed by atoms with Crippen LogP contribution in [0.25, 0.3) is 0 Å². The minimum Gasteiger partial charge on any atom is -0.341 e. The lowest BCUT2D eigenvalue weighted by molar-refractivity contribution is -0.133. The Bertz CT molecular complexity index is 535. The number of carbonyl (C=O) groups is 1. The third kappa shape index (κ3) is 2.54. The Morgan fingerprint density at radius 2 is 2.15 bits per heavy atom. The second-order valence-corrected chi connectivity index (χ2v) is 5.80. The zero-order valence-corrected chi connectivity index (χ0v) is 11.2. The predicted molar refractivity (Wildman–Crippen MR) is 71.0 cm³/mol. The second-order valence-electron chi connectivity index (χ2n) is 5.80. The summed E-state index contributed by atoms with van der Waals surface area (Å²) in [5.41, 5.74) is 6.19. The van der Waals surface area contributed by atoms with Crippen LogP contribution in [0, 0.1) is 17.6 Å². The lowest BCUT2D eigenvalue weighted by Gasteiger charge is -2.31. The number of likely N-dealkylation sites (tertiary alicyclic amines) is 1. The number of piperidine rings is 1. The van der Waals surface area contributed by atoms with Gasteiger partial charge in [0.05, 0.1) is 0 Å². The van der Waals surface area contributed by atoms with E-state index < -0.39 is 11.6 Å². The highest BCUT2D eigenvalue weighted by Gasteiger charge is 2.47. The van der Waals surface area contributed by atoms with Gasteiger partial charge in [-0.3, -0.25) is 4.79 Å². The van der Waals surface area contributed by atoms with Crippen LogP contribution in [-0.2, 0) is 4.79 Å². The van der Waals surface area contributed by atoms with Crippen molar-refractivity contribution in [3.05, 3.63) is 35.4 Å². The van der Waals surface area contributed by atoms with Crippen LogP contribution in [0.4, 0.5) is 8.78 Å². The summed E-state index contributed by atoms with van der Waals surface area (Å²) in [6, 6.07) is 3.47. The first-order valence-corrected chi connectivity index (χ1v) is 7.05. The quantitative estimate of drug-likeness (QED) is 0.901. The zero-order valence-electron chi connectivity index (χ0n) is 11.2. The van der Waals surface area contributed by atoms with Crippen molar-refractivity contribution in [2.24, 2.45) is 11.7 Å². The van der Waals surface area contributed by atoms with Crippen molar-refractivity contribution in [1.82, 2.24) is 4.90 Å². The molecule has 3 atom stereocenters. The van der Waals surface area contributed by atoms with Crippen LogP contribution in [0.1, 0.15) is 30.7 Å². The number of carbonyl (C=O) groups excluding carboxylic acids is 1. The Labute approximate surface area is 116 Å². The predicted octanol–water partition coefficient (Wildman–Crippen LogP) is 2.02. The van der Waals surface area contributed by atoms with E-state index in [1.165, 1.54) is 6.07 Å². The Balaban J connectivity index is 1.69. The van der Waals surface area contributed by atoms with Crippen LogP contribution < -0.4 is 5.73 Å². The molecule has 1 aliphatic heterocycles. The standard InChI is InChI=1S/C15H18F2N2O/c16-9-3-4-14(17)12(6-9)11-7-13(11)15(20)19-5-1-2-10(18)8-19/h3-4,6,10-11,13H,1-2,5,7-8,18H2/t10-,11-,13+/m1/s1. The Morgan fingerprint density at radius 1 is 1.35 bits per heavy atom. The number of benzene rings is 1. The van der Waals surface area contributed by atoms with E-state index in [0.29, 0.717) is 18.5 Å². The first kappa shape index (κ1) is 13.5. The molecule has 5 heteroatoms. The molecule has 20 heavy (non-hydrogen) atoms. The Kier molecular flexibility index (Phi) is 3.46. The summed E-state index contributed by atoms with van der Waals surface area (Å²) in [7, 11) is 0. The third-order valence-electron chi connectivity index (χ3n) is 4.23. The van der Waals surface area contributed by atoms with Gasteiger partial charge in [0.1, 0.15) is 11.6 Å². The molecule has 1 aromatic rings. The summed E-state index contributed by atoms with van der Waals surface area (Å²) < 4.78 is 26.9. The summed E-state index contributed by atoms with van der Waals surface area (Å²) in [5.74, 6) is -1.25. The molecule has 0 spiro atoms. The fourth-order valence-corrected chi connectivity index (χ4v) is 3.06. The average Bonchev–Trinajstić information content (AvgIpc) is 3.21. The van der Waals surface area contributed by atoms with Crippen molar-refractivity contribution in [2.75, 3.05) is 13.1 Å². The summed E-state index contributed by atoms with van der Waals surface area (Å²) in [4.78, 5) is 14.1. The lowest BCUT2D eigenvalue weighted by atomic mass is 10.0. The molecule has 1 aromatic carbocycles. The minimum atomic E-state index is -0.459. The van der Waals surface area contributed by atoms with E-state index in [4.69, 9.17) is 5.73 Å². The van der Waals surface area contributed by atoms with Crippen LogP contribution in [0.3, 0.4) is 0 Å². The van der Waals surface area contributed by atoms with Crippen LogP contribution in [-0.4, -0.2) is 29.9 Å². The number of halogens is 2. The molecule has 1 amide bonds. The number of rotatable bonds is 2. The normalized spacial score (nSPS) is 29.4. The third-order valence-corrected chi connectivity index (χ3v) is 4.23. The fraction of sp³-hybridized carbons (Fsp3) is 0.533. The Hall–Kier alpha value is -1.49. The summed E-state index contributed by atoms with van der Waals surface area (Å²) >= 11 is 0. The molecule has 2 N–H and O–H groups in total. The van der Waals surface area contributed by atoms with Crippen LogP contribution in [0.15, 0.2) is 18.2 Å². The molecule has 2 fully saturated rings. The van der Waals surface area contributed by atoms with Crippen LogP contribution >= 0.6 is 0 Å². The summed E-state index contributed by atoms with van der Waals surface area (Å²) in [6.45, 7) is 1.30. The maximum atomic E-state index is 13.7. The van der Waals surface area contributed by atoms with Gasteiger partial charge in [0, 0.05) is 25.0 Å². The number of amides is 1. The summed E-state index contributed by atoms with van der Waals surface area (Å²) in [5, 5.41) is 0. The SMILES string of the molecule is N[C@@H]1CCCN(C(=O)[C@H]2C[C@@H]2c2cc(F)ccc2F)C1. The van der Waals surface area contributed by atoms with E-state index in [0.717, 1.165) is 31.5 Å². The highest BCUT2D eigenvalue weighted by atomic mass is 19.1. The molecule has 0 bridgehead atoms. The van der Waals surface area contributed by atoms with Crippen molar-refractivity contribution < 1.29 is 13.6 Å². The molecule has 108 valence electrons. The lowest BCUT2D eigenvalue weighted by Crippen LogP contribution is -2.46. The number of hydrogen-bond acceptors (Lipinski definition) is 2. The molecular formula is C15H18F2N2O. The maximum Gasteiger partial charge on any atom is 0.226 e. The Morgan fingerprint density at radius 3 is 2.90 bits per heavy atom. The molecule has 1 saturated carbocycles. The van der Waals surface area contributed by atoms with Gasteiger partial charge < -0.3 is 10.6 Å². The van der Waals surface area contributed by atoms with E-state index >= 15 is 0 Å². The maximum absolute atomic E-state index is 13.7. The molecule has 2 aliphatic rings. The number of hydrogen-bond donors (Lipinski definition) is 1. The number of nitrogens with two attached hydrogens (primary N) is 1. The van der Waals surface area contributed by atoms with Gasteiger partial charge in [0.15, 0.2) is 0 Å². The monoisotopic (exact) mass is 280 g/mol. The number of nitrogens with zero attached hydrogens (tertiary/aromatic N) is 1. The first-order chi connectivity index (χ1) is 9.56. The fourth-order valence-electron chi connectivity index (χ4n) is 3.06. The van der Waals surface area contributed by atoms with E-state index in [1.54, 1.807) is 4.90 Å². The van der Waals surface area contributed by atoms with Gasteiger partial charge >= 0.3 is 0 Å². The minimum absolute atomic E-state index is 0.0359. The van der Waals surface area contributed by atoms with Crippen molar-refractivity contribution in [1.29, 1.82) is 0 Å². The van der Waals surface area contributed by atoms with E-state index in [9.17, 15) is 13.6 Å². The molecule has 0 aromatic heterocycles. The smallest absolute Gasteiger partial charge is 0.226 e. The highest BCUT2D eigenvalue weighted by molar-refractivity contribution is 5.83. The van der Waals surface area contributed by atoms with E-state index in [-0.39, 0.29) is 23.8 Å². The molecule has 1 aliphatic carbocycles. The molecule has 0 unspecified atom stereocenters. The molecule has 3 rings (SSSR count). The van der Waals surface area contributed by atoms with Gasteiger partial charge in [-0.2, -0.15) is 0 Å². The van der Waals surface area contributed by atoms with Gasteiger partial charge in [-0.05, 0) is 48.9 Å². The highest BCUT2D eigenvalue weighted by Crippen LogP contribution is 2.49. The van der Waals surface area contributed by atoms with Gasteiger partial charge in [0.25, 0.3) is 0 Å². The summed E-state index contributed by atoms with van der Waals surface area (Å²) in [6.07, 6.45) is 2.46. The van der Waals surface area contributed by atoms with Gasteiger partial charge in [-0.1, -0.05) is 0 Å².